The summed E-state index contributed by atoms with van der Waals surface area (Å²) in [5, 5.41) is 0. The summed E-state index contributed by atoms with van der Waals surface area (Å²) in [5.41, 5.74) is 0. The predicted octanol–water partition coefficient (Wildman–Crippen LogP) is 8.14. The van der Waals surface area contributed by atoms with Crippen LogP contribution in [0.4, 0.5) is 0 Å². The fourth-order valence-corrected chi connectivity index (χ4v) is 2.50. The minimum atomic E-state index is 0. The van der Waals surface area contributed by atoms with E-state index in [2.05, 4.69) is 0 Å². The molecule has 0 heterocycles. The van der Waals surface area contributed by atoms with E-state index in [0.717, 1.165) is 14.7 Å². The van der Waals surface area contributed by atoms with Crippen LogP contribution in [-0.4, -0.2) is 0 Å². The zero-order chi connectivity index (χ0) is 23.8. The molecule has 0 unspecified atom stereocenters. The molecule has 0 bridgehead atoms. The van der Waals surface area contributed by atoms with Crippen molar-refractivity contribution in [2.75, 3.05) is 0 Å². The molecule has 0 saturated carbocycles. The van der Waals surface area contributed by atoms with Gasteiger partial charge in [0.1, 0.15) is 0 Å². The van der Waals surface area contributed by atoms with Crippen molar-refractivity contribution in [3.63, 3.8) is 0 Å². The maximum atomic E-state index is 4.75. The van der Waals surface area contributed by atoms with Crippen LogP contribution in [0.3, 0.4) is 0 Å². The normalized spacial score (nSPS) is 7.46. The van der Waals surface area contributed by atoms with E-state index < -0.39 is 0 Å². The first-order chi connectivity index (χ1) is 16.2. The minimum absolute atomic E-state index is 0. The van der Waals surface area contributed by atoms with Crippen molar-refractivity contribution in [3.8, 4) is 0 Å². The van der Waals surface area contributed by atoms with Crippen LogP contribution >= 0.6 is 0 Å². The topological polar surface area (TPSA) is 0 Å². The second-order valence-electron chi connectivity index (χ2n) is 6.25. The Kier molecular flexibility index (Phi) is 38.1. The first-order valence-corrected chi connectivity index (χ1v) is 11.6. The van der Waals surface area contributed by atoms with E-state index in [9.17, 15) is 0 Å². The maximum Gasteiger partial charge on any atom is 3.00 e. The zero-order valence-electron chi connectivity index (χ0n) is 19.8. The monoisotopic (exact) mass is 703 g/mol. The second kappa shape index (κ2) is 32.9. The molecule has 0 N–H and O–H groups in total. The SMILES string of the molecule is [Cr+3].[Fe+2].[Fe+2].[Fe+2].[S-][c-]1cccc1.[S-][c-]1cccc1.[S-][c-]1cccc1.c1cc[cH-]c1.c1cc[cH-]c1.c1cc[cH-]c1. The van der Waals surface area contributed by atoms with Gasteiger partial charge in [0, 0.05) is 0 Å². The van der Waals surface area contributed by atoms with E-state index >= 15 is 0 Å². The van der Waals surface area contributed by atoms with Crippen molar-refractivity contribution >= 4 is 37.9 Å². The number of hydrogen-bond acceptors (Lipinski definition) is 3. The van der Waals surface area contributed by atoms with Crippen LogP contribution in [0.25, 0.3) is 0 Å². The van der Waals surface area contributed by atoms with Gasteiger partial charge in [0.05, 0.1) is 0 Å². The van der Waals surface area contributed by atoms with E-state index in [4.69, 9.17) is 37.9 Å². The Balaban J connectivity index is -0.000000173. The summed E-state index contributed by atoms with van der Waals surface area (Å²) < 4.78 is 0. The largest absolute Gasteiger partial charge is 3.00 e. The molecule has 0 nitrogen and oxygen atoms in total. The summed E-state index contributed by atoms with van der Waals surface area (Å²) >= 11 is 14.2. The summed E-state index contributed by atoms with van der Waals surface area (Å²) in [6.45, 7) is 0. The summed E-state index contributed by atoms with van der Waals surface area (Å²) in [6.07, 6.45) is 0. The average Bonchev–Trinajstić information content (AvgIpc) is 3.63. The third-order valence-electron chi connectivity index (χ3n) is 3.56. The Morgan fingerprint density at radius 2 is 0.486 bits per heavy atom. The van der Waals surface area contributed by atoms with Crippen LogP contribution in [0, 0.1) is 0 Å². The van der Waals surface area contributed by atoms with Gasteiger partial charge < -0.3 is 37.9 Å². The molecule has 0 atom stereocenters. The summed E-state index contributed by atoms with van der Waals surface area (Å²) in [4.78, 5) is 2.78. The molecule has 0 aromatic heterocycles. The van der Waals surface area contributed by atoms with Gasteiger partial charge in [0.25, 0.3) is 0 Å². The van der Waals surface area contributed by atoms with Gasteiger partial charge in [-0.3, -0.25) is 14.7 Å². The first-order valence-electron chi connectivity index (χ1n) is 10.3. The molecule has 0 spiro atoms. The summed E-state index contributed by atoms with van der Waals surface area (Å²) in [5.74, 6) is 0. The van der Waals surface area contributed by atoms with Gasteiger partial charge in [-0.2, -0.15) is 54.6 Å². The van der Waals surface area contributed by atoms with Crippen LogP contribution < -0.4 is 0 Å². The van der Waals surface area contributed by atoms with E-state index in [1.807, 2.05) is 164 Å². The van der Waals surface area contributed by atoms with Gasteiger partial charge >= 0.3 is 68.6 Å². The molecule has 0 fully saturated rings. The Bertz CT molecular complexity index is 830. The Morgan fingerprint density at radius 1 is 0.324 bits per heavy atom. The molecule has 37 heavy (non-hydrogen) atoms. The molecule has 0 aliphatic carbocycles. The smallest absolute Gasteiger partial charge is 0.859 e. The second-order valence-corrected chi connectivity index (χ2v) is 7.66. The van der Waals surface area contributed by atoms with E-state index in [0.29, 0.717) is 0 Å². The van der Waals surface area contributed by atoms with Crippen molar-refractivity contribution in [2.24, 2.45) is 0 Å². The summed E-state index contributed by atoms with van der Waals surface area (Å²) in [6, 6.07) is 53.0. The fourth-order valence-electron chi connectivity index (χ4n) is 2.03. The van der Waals surface area contributed by atoms with Gasteiger partial charge in [-0.25, -0.2) is 109 Å². The molecule has 0 aliphatic heterocycles. The quantitative estimate of drug-likeness (QED) is 0.0892. The van der Waals surface area contributed by atoms with Crippen LogP contribution in [0.5, 0.6) is 0 Å². The standard InChI is InChI=1S/3C5H4S.3C5H5.Cr.3Fe/c3*6-5-3-1-2-4-5;3*1-2-4-5-3-1;;;;/h3*1-4H;3*1-5H;;;;/q3*-2;3*-1;+3;3*+2. The molecular weight excluding hydrogens is 676 g/mol. The maximum absolute atomic E-state index is 4.75. The Hall–Kier alpha value is -1.15. The molecule has 6 aromatic rings. The van der Waals surface area contributed by atoms with E-state index in [1.165, 1.54) is 0 Å². The molecule has 1 radical (unpaired) electrons. The molecule has 7 heteroatoms. The van der Waals surface area contributed by atoms with Gasteiger partial charge in [0.15, 0.2) is 0 Å². The molecule has 6 rings (SSSR count). The van der Waals surface area contributed by atoms with Crippen molar-refractivity contribution in [2.45, 2.75) is 14.7 Å². The summed E-state index contributed by atoms with van der Waals surface area (Å²) in [7, 11) is 0. The van der Waals surface area contributed by atoms with Crippen molar-refractivity contribution in [1.82, 2.24) is 0 Å². The average molecular weight is 703 g/mol. The molecule has 0 aliphatic rings. The Morgan fingerprint density at radius 3 is 0.541 bits per heavy atom. The van der Waals surface area contributed by atoms with Crippen molar-refractivity contribution in [1.29, 1.82) is 0 Å². The molecular formula is C30H27CrFe3S3. The third-order valence-corrected chi connectivity index (χ3v) is 4.38. The van der Waals surface area contributed by atoms with Crippen molar-refractivity contribution < 1.29 is 68.6 Å². The predicted molar refractivity (Wildman–Crippen MR) is 149 cm³/mol. The fraction of sp³-hybridized carbons (Fsp3) is 0. The van der Waals surface area contributed by atoms with Crippen LogP contribution in [-0.2, 0) is 106 Å². The van der Waals surface area contributed by atoms with Crippen LogP contribution in [0.1, 0.15) is 0 Å². The molecule has 6 aromatic carbocycles. The first kappa shape index (κ1) is 42.9. The van der Waals surface area contributed by atoms with Gasteiger partial charge in [0.2, 0.25) is 0 Å². The minimum Gasteiger partial charge on any atom is -0.859 e. The zero-order valence-corrected chi connectivity index (χ0v) is 26.8. The van der Waals surface area contributed by atoms with Crippen LogP contribution in [0.15, 0.2) is 178 Å². The molecule has 0 saturated heterocycles. The van der Waals surface area contributed by atoms with Gasteiger partial charge in [-0.1, -0.05) is 0 Å². The van der Waals surface area contributed by atoms with E-state index in [1.54, 1.807) is 0 Å². The molecule has 0 amide bonds. The van der Waals surface area contributed by atoms with Gasteiger partial charge in [-0.05, 0) is 0 Å². The third kappa shape index (κ3) is 31.0. The number of hydrogen-bond donors (Lipinski definition) is 0. The Labute approximate surface area is 282 Å². The van der Waals surface area contributed by atoms with Crippen molar-refractivity contribution in [3.05, 3.63) is 164 Å². The number of rotatable bonds is 0. The van der Waals surface area contributed by atoms with Crippen LogP contribution in [0.2, 0.25) is 0 Å². The van der Waals surface area contributed by atoms with E-state index in [-0.39, 0.29) is 68.6 Å². The molecule has 195 valence electrons. The van der Waals surface area contributed by atoms with Gasteiger partial charge in [-0.15, -0.1) is 0 Å².